The second-order valence-corrected chi connectivity index (χ2v) is 4.68. The van der Waals surface area contributed by atoms with Crippen LogP contribution in [0.1, 0.15) is 17.3 Å². The van der Waals surface area contributed by atoms with Crippen LogP contribution in [0.2, 0.25) is 0 Å². The number of aliphatic imine (C=N–C) groups is 1. The molecular formula is C12H12N2O2S. The first kappa shape index (κ1) is 11.9. The predicted molar refractivity (Wildman–Crippen MR) is 68.8 cm³/mol. The lowest BCUT2D eigenvalue weighted by Gasteiger charge is -2.07. The Balaban J connectivity index is 2.22. The molecular weight excluding hydrogens is 236 g/mol. The molecule has 0 aliphatic carbocycles. The van der Waals surface area contributed by atoms with E-state index in [2.05, 4.69) is 4.99 Å². The van der Waals surface area contributed by atoms with Gasteiger partial charge in [0.15, 0.2) is 11.0 Å². The standard InChI is InChI=1S/C12H12N2O2S/c1-8(15)9-3-5-10(6-4-9)13-12-14(2)11(16)7-17-12/h3-6H,7H2,1-2H3/b13-12+. The molecule has 0 N–H and O–H groups in total. The smallest absolute Gasteiger partial charge is 0.238 e. The molecule has 1 aromatic rings. The molecule has 1 aliphatic rings. The second kappa shape index (κ2) is 4.71. The van der Waals surface area contributed by atoms with E-state index in [4.69, 9.17) is 0 Å². The molecule has 1 saturated heterocycles. The average molecular weight is 248 g/mol. The van der Waals surface area contributed by atoms with E-state index in [-0.39, 0.29) is 11.7 Å². The third-order valence-electron chi connectivity index (χ3n) is 2.48. The highest BCUT2D eigenvalue weighted by Gasteiger charge is 2.24. The first-order valence-corrected chi connectivity index (χ1v) is 6.15. The van der Waals surface area contributed by atoms with Gasteiger partial charge in [0.1, 0.15) is 0 Å². The van der Waals surface area contributed by atoms with Gasteiger partial charge in [0.05, 0.1) is 11.4 Å². The molecule has 5 heteroatoms. The van der Waals surface area contributed by atoms with Crippen LogP contribution in [-0.2, 0) is 4.79 Å². The first-order chi connectivity index (χ1) is 8.08. The number of Topliss-reactive ketones (excluding diaryl/α,β-unsaturated/α-hetero) is 1. The maximum Gasteiger partial charge on any atom is 0.238 e. The van der Waals surface area contributed by atoms with Crippen molar-refractivity contribution in [3.05, 3.63) is 29.8 Å². The minimum absolute atomic E-state index is 0.0340. The van der Waals surface area contributed by atoms with Gasteiger partial charge in [0.25, 0.3) is 0 Å². The Morgan fingerprint density at radius 2 is 2.00 bits per heavy atom. The van der Waals surface area contributed by atoms with Gasteiger partial charge in [-0.2, -0.15) is 0 Å². The lowest BCUT2D eigenvalue weighted by atomic mass is 10.1. The topological polar surface area (TPSA) is 49.7 Å². The number of amidine groups is 1. The summed E-state index contributed by atoms with van der Waals surface area (Å²) in [7, 11) is 1.71. The van der Waals surface area contributed by atoms with Crippen LogP contribution in [0.5, 0.6) is 0 Å². The summed E-state index contributed by atoms with van der Waals surface area (Å²) >= 11 is 1.42. The molecule has 4 nitrogen and oxygen atoms in total. The third-order valence-corrected chi connectivity index (χ3v) is 3.50. The Kier molecular flexibility index (Phi) is 3.28. The van der Waals surface area contributed by atoms with E-state index in [0.29, 0.717) is 16.5 Å². The molecule has 1 aliphatic heterocycles. The number of hydrogen-bond donors (Lipinski definition) is 0. The number of carbonyl (C=O) groups excluding carboxylic acids is 2. The van der Waals surface area contributed by atoms with Crippen LogP contribution < -0.4 is 0 Å². The van der Waals surface area contributed by atoms with Gasteiger partial charge in [-0.25, -0.2) is 4.99 Å². The van der Waals surface area contributed by atoms with E-state index < -0.39 is 0 Å². The maximum absolute atomic E-state index is 11.3. The molecule has 0 atom stereocenters. The van der Waals surface area contributed by atoms with Crippen molar-refractivity contribution in [2.24, 2.45) is 4.99 Å². The number of ketones is 1. The van der Waals surface area contributed by atoms with Gasteiger partial charge >= 0.3 is 0 Å². The van der Waals surface area contributed by atoms with Crippen LogP contribution in [0.25, 0.3) is 0 Å². The summed E-state index contributed by atoms with van der Waals surface area (Å²) in [5.74, 6) is 0.543. The Labute approximate surface area is 104 Å². The molecule has 0 spiro atoms. The average Bonchev–Trinajstić information content (AvgIpc) is 2.62. The number of benzene rings is 1. The Morgan fingerprint density at radius 1 is 1.35 bits per heavy atom. The largest absolute Gasteiger partial charge is 0.295 e. The van der Waals surface area contributed by atoms with Crippen molar-refractivity contribution in [2.45, 2.75) is 6.92 Å². The van der Waals surface area contributed by atoms with Crippen LogP contribution in [-0.4, -0.2) is 34.6 Å². The first-order valence-electron chi connectivity index (χ1n) is 5.17. The van der Waals surface area contributed by atoms with Crippen molar-refractivity contribution in [2.75, 3.05) is 12.8 Å². The van der Waals surface area contributed by atoms with E-state index in [9.17, 15) is 9.59 Å². The van der Waals surface area contributed by atoms with Gasteiger partial charge in [0.2, 0.25) is 5.91 Å². The fourth-order valence-corrected chi connectivity index (χ4v) is 2.33. The zero-order valence-corrected chi connectivity index (χ0v) is 10.5. The lowest BCUT2D eigenvalue weighted by Crippen LogP contribution is -2.24. The molecule has 2 rings (SSSR count). The molecule has 1 amide bonds. The van der Waals surface area contributed by atoms with Crippen LogP contribution in [0, 0.1) is 0 Å². The minimum atomic E-state index is 0.0340. The summed E-state index contributed by atoms with van der Waals surface area (Å²) in [6.07, 6.45) is 0. The second-order valence-electron chi connectivity index (χ2n) is 3.74. The monoisotopic (exact) mass is 248 g/mol. The molecule has 1 heterocycles. The van der Waals surface area contributed by atoms with E-state index in [1.165, 1.54) is 18.7 Å². The highest BCUT2D eigenvalue weighted by atomic mass is 32.2. The van der Waals surface area contributed by atoms with E-state index in [1.807, 2.05) is 0 Å². The number of rotatable bonds is 2. The molecule has 0 unspecified atom stereocenters. The zero-order valence-electron chi connectivity index (χ0n) is 9.64. The molecule has 0 bridgehead atoms. The van der Waals surface area contributed by atoms with Crippen LogP contribution >= 0.6 is 11.8 Å². The highest BCUT2D eigenvalue weighted by Crippen LogP contribution is 2.22. The fraction of sp³-hybridized carbons (Fsp3) is 0.250. The van der Waals surface area contributed by atoms with Gasteiger partial charge in [-0.05, 0) is 31.2 Å². The van der Waals surface area contributed by atoms with Crippen LogP contribution in [0.4, 0.5) is 5.69 Å². The molecule has 17 heavy (non-hydrogen) atoms. The summed E-state index contributed by atoms with van der Waals surface area (Å²) in [5.41, 5.74) is 1.41. The van der Waals surface area contributed by atoms with Crippen molar-refractivity contribution in [3.63, 3.8) is 0 Å². The normalized spacial score (nSPS) is 17.9. The molecule has 0 radical (unpaired) electrons. The van der Waals surface area contributed by atoms with Crippen molar-refractivity contribution >= 4 is 34.3 Å². The van der Waals surface area contributed by atoms with Crippen molar-refractivity contribution in [1.82, 2.24) is 4.90 Å². The Morgan fingerprint density at radius 3 is 2.47 bits per heavy atom. The van der Waals surface area contributed by atoms with Crippen molar-refractivity contribution in [1.29, 1.82) is 0 Å². The van der Waals surface area contributed by atoms with Gasteiger partial charge in [-0.15, -0.1) is 0 Å². The van der Waals surface area contributed by atoms with Crippen molar-refractivity contribution in [3.8, 4) is 0 Å². The summed E-state index contributed by atoms with van der Waals surface area (Å²) in [4.78, 5) is 28.3. The number of thioether (sulfide) groups is 1. The number of hydrogen-bond acceptors (Lipinski definition) is 4. The van der Waals surface area contributed by atoms with E-state index in [0.717, 1.165) is 5.69 Å². The number of nitrogens with zero attached hydrogens (tertiary/aromatic N) is 2. The predicted octanol–water partition coefficient (Wildman–Crippen LogP) is 2.08. The van der Waals surface area contributed by atoms with Gasteiger partial charge in [0, 0.05) is 12.6 Å². The van der Waals surface area contributed by atoms with Crippen LogP contribution in [0.15, 0.2) is 29.3 Å². The molecule has 1 fully saturated rings. The quantitative estimate of drug-likeness (QED) is 0.753. The Bertz CT molecular complexity index is 494. The van der Waals surface area contributed by atoms with E-state index >= 15 is 0 Å². The summed E-state index contributed by atoms with van der Waals surface area (Å²) < 4.78 is 0. The maximum atomic E-state index is 11.3. The fourth-order valence-electron chi connectivity index (χ4n) is 1.42. The lowest BCUT2D eigenvalue weighted by molar-refractivity contribution is -0.123. The summed E-state index contributed by atoms with van der Waals surface area (Å²) in [6, 6.07) is 7.04. The molecule has 0 saturated carbocycles. The highest BCUT2D eigenvalue weighted by molar-refractivity contribution is 8.15. The SMILES string of the molecule is CC(=O)c1ccc(/N=C2/SCC(=O)N2C)cc1. The molecule has 88 valence electrons. The third kappa shape index (κ3) is 2.55. The Hall–Kier alpha value is -1.62. The van der Waals surface area contributed by atoms with Gasteiger partial charge in [-0.3, -0.25) is 14.5 Å². The van der Waals surface area contributed by atoms with E-state index in [1.54, 1.807) is 36.2 Å². The number of carbonyl (C=O) groups is 2. The summed E-state index contributed by atoms with van der Waals surface area (Å²) in [6.45, 7) is 1.53. The molecule has 1 aromatic carbocycles. The zero-order chi connectivity index (χ0) is 12.4. The molecule has 0 aromatic heterocycles. The van der Waals surface area contributed by atoms with Gasteiger partial charge in [-0.1, -0.05) is 11.8 Å². The summed E-state index contributed by atoms with van der Waals surface area (Å²) in [5, 5.41) is 0.700. The van der Waals surface area contributed by atoms with Crippen molar-refractivity contribution < 1.29 is 9.59 Å². The van der Waals surface area contributed by atoms with Crippen LogP contribution in [0.3, 0.4) is 0 Å². The number of amides is 1. The minimum Gasteiger partial charge on any atom is -0.295 e. The van der Waals surface area contributed by atoms with Gasteiger partial charge < -0.3 is 0 Å².